The fourth-order valence-corrected chi connectivity index (χ4v) is 5.19. The molecule has 0 saturated carbocycles. The number of carbonyl (C=O) groups is 1. The molecule has 0 spiro atoms. The third kappa shape index (κ3) is 2.12. The fourth-order valence-electron chi connectivity index (χ4n) is 3.86. The van der Waals surface area contributed by atoms with Crippen molar-refractivity contribution in [2.24, 2.45) is 0 Å². The summed E-state index contributed by atoms with van der Waals surface area (Å²) >= 11 is 1.71. The molecular weight excluding hydrogens is 316 g/mol. The normalized spacial score (nSPS) is 20.9. The fraction of sp³-hybridized carbons (Fsp3) is 0.300. The lowest BCUT2D eigenvalue weighted by molar-refractivity contribution is -0.116. The third-order valence-electron chi connectivity index (χ3n) is 5.04. The van der Waals surface area contributed by atoms with Crippen molar-refractivity contribution in [3.05, 3.63) is 57.2 Å². The van der Waals surface area contributed by atoms with Gasteiger partial charge in [0.05, 0.1) is 17.6 Å². The van der Waals surface area contributed by atoms with Crippen LogP contribution in [0.3, 0.4) is 0 Å². The summed E-state index contributed by atoms with van der Waals surface area (Å²) in [6.45, 7) is 4.05. The second-order valence-corrected chi connectivity index (χ2v) is 7.55. The first kappa shape index (κ1) is 15.2. The van der Waals surface area contributed by atoms with Crippen molar-refractivity contribution in [2.75, 3.05) is 0 Å². The topological polar surface area (TPSA) is 52.9 Å². The van der Waals surface area contributed by atoms with Crippen molar-refractivity contribution in [1.82, 2.24) is 5.32 Å². The highest BCUT2D eigenvalue weighted by Crippen LogP contribution is 2.47. The van der Waals surface area contributed by atoms with Gasteiger partial charge in [-0.3, -0.25) is 4.79 Å². The van der Waals surface area contributed by atoms with Gasteiger partial charge in [0.15, 0.2) is 5.78 Å². The molecule has 1 aromatic heterocycles. The predicted molar refractivity (Wildman–Crippen MR) is 96.6 cm³/mol. The first-order chi connectivity index (χ1) is 11.6. The van der Waals surface area contributed by atoms with E-state index in [0.717, 1.165) is 34.7 Å². The molecule has 2 heterocycles. The van der Waals surface area contributed by atoms with Crippen molar-refractivity contribution in [3.63, 3.8) is 0 Å². The van der Waals surface area contributed by atoms with E-state index in [-0.39, 0.29) is 11.7 Å². The van der Waals surface area contributed by atoms with Gasteiger partial charge in [-0.1, -0.05) is 18.2 Å². The molecule has 0 fully saturated rings. The van der Waals surface area contributed by atoms with Crippen LogP contribution in [-0.2, 0) is 4.79 Å². The Morgan fingerprint density at radius 1 is 1.25 bits per heavy atom. The van der Waals surface area contributed by atoms with Gasteiger partial charge in [0, 0.05) is 33.0 Å². The molecule has 4 heteroatoms. The number of ketones is 1. The summed E-state index contributed by atoms with van der Waals surface area (Å²) in [4.78, 5) is 13.8. The average molecular weight is 334 g/mol. The van der Waals surface area contributed by atoms with E-state index in [2.05, 4.69) is 30.4 Å². The first-order valence-corrected chi connectivity index (χ1v) is 9.05. The molecule has 0 bridgehead atoms. The lowest BCUT2D eigenvalue weighted by atomic mass is 9.77. The van der Waals surface area contributed by atoms with Gasteiger partial charge in [-0.05, 0) is 43.7 Å². The molecule has 1 atom stereocenters. The van der Waals surface area contributed by atoms with E-state index >= 15 is 0 Å². The largest absolute Gasteiger partial charge is 0.361 e. The summed E-state index contributed by atoms with van der Waals surface area (Å²) in [5.41, 5.74) is 4.59. The molecule has 120 valence electrons. The zero-order valence-corrected chi connectivity index (χ0v) is 14.6. The van der Waals surface area contributed by atoms with E-state index in [0.29, 0.717) is 12.0 Å². The Kier molecular flexibility index (Phi) is 3.54. The molecule has 4 rings (SSSR count). The molecule has 1 aromatic carbocycles. The van der Waals surface area contributed by atoms with E-state index < -0.39 is 0 Å². The van der Waals surface area contributed by atoms with Gasteiger partial charge >= 0.3 is 0 Å². The van der Waals surface area contributed by atoms with E-state index in [1.807, 2.05) is 19.1 Å². The Balaban J connectivity index is 1.99. The molecule has 2 aliphatic rings. The molecule has 24 heavy (non-hydrogen) atoms. The SMILES string of the molecule is CC1=C(C#N)C(c2sc3ccccc3c2C)C2=C(CCCC2=O)N1. The maximum Gasteiger partial charge on any atom is 0.161 e. The van der Waals surface area contributed by atoms with Gasteiger partial charge in [0.2, 0.25) is 0 Å². The number of nitrogens with zero attached hydrogens (tertiary/aromatic N) is 1. The minimum Gasteiger partial charge on any atom is -0.361 e. The highest BCUT2D eigenvalue weighted by molar-refractivity contribution is 7.19. The summed E-state index contributed by atoms with van der Waals surface area (Å²) in [6.07, 6.45) is 2.36. The quantitative estimate of drug-likeness (QED) is 0.822. The van der Waals surface area contributed by atoms with Crippen LogP contribution >= 0.6 is 11.3 Å². The zero-order valence-electron chi connectivity index (χ0n) is 13.8. The lowest BCUT2D eigenvalue weighted by Crippen LogP contribution is -2.31. The second kappa shape index (κ2) is 5.61. The number of nitriles is 1. The Bertz CT molecular complexity index is 971. The summed E-state index contributed by atoms with van der Waals surface area (Å²) < 4.78 is 1.21. The number of hydrogen-bond donors (Lipinski definition) is 1. The van der Waals surface area contributed by atoms with E-state index in [1.54, 1.807) is 11.3 Å². The van der Waals surface area contributed by atoms with Crippen LogP contribution in [0.4, 0.5) is 0 Å². The number of Topliss-reactive ketones (excluding diaryl/α,β-unsaturated/α-hetero) is 1. The maximum absolute atomic E-state index is 12.7. The van der Waals surface area contributed by atoms with Gasteiger partial charge in [-0.2, -0.15) is 5.26 Å². The first-order valence-electron chi connectivity index (χ1n) is 8.24. The molecule has 1 N–H and O–H groups in total. The number of aryl methyl sites for hydroxylation is 1. The van der Waals surface area contributed by atoms with Gasteiger partial charge < -0.3 is 5.32 Å². The van der Waals surface area contributed by atoms with Crippen molar-refractivity contribution < 1.29 is 4.79 Å². The maximum atomic E-state index is 12.7. The van der Waals surface area contributed by atoms with E-state index in [4.69, 9.17) is 0 Å². The van der Waals surface area contributed by atoms with Gasteiger partial charge in [0.25, 0.3) is 0 Å². The predicted octanol–water partition coefficient (Wildman–Crippen LogP) is 4.70. The van der Waals surface area contributed by atoms with Crippen LogP contribution < -0.4 is 5.32 Å². The Morgan fingerprint density at radius 3 is 2.79 bits per heavy atom. The molecular formula is C20H18N2OS. The highest BCUT2D eigenvalue weighted by atomic mass is 32.1. The van der Waals surface area contributed by atoms with Crippen molar-refractivity contribution in [1.29, 1.82) is 5.26 Å². The van der Waals surface area contributed by atoms with Crippen molar-refractivity contribution >= 4 is 27.2 Å². The number of nitrogens with one attached hydrogen (secondary N) is 1. The number of benzene rings is 1. The van der Waals surface area contributed by atoms with Crippen LogP contribution in [0, 0.1) is 18.3 Å². The van der Waals surface area contributed by atoms with Crippen LogP contribution in [0.15, 0.2) is 46.8 Å². The lowest BCUT2D eigenvalue weighted by Gasteiger charge is -2.32. The molecule has 0 amide bonds. The Labute approximate surface area is 145 Å². The van der Waals surface area contributed by atoms with Crippen LogP contribution in [0.25, 0.3) is 10.1 Å². The van der Waals surface area contributed by atoms with Crippen molar-refractivity contribution in [3.8, 4) is 6.07 Å². The number of dihydropyridines is 1. The third-order valence-corrected chi connectivity index (χ3v) is 6.38. The summed E-state index contributed by atoms with van der Waals surface area (Å²) in [7, 11) is 0. The van der Waals surface area contributed by atoms with Crippen LogP contribution in [0.1, 0.15) is 42.5 Å². The molecule has 1 unspecified atom stereocenters. The van der Waals surface area contributed by atoms with Crippen molar-refractivity contribution in [2.45, 2.75) is 39.0 Å². The molecule has 1 aliphatic carbocycles. The highest BCUT2D eigenvalue weighted by Gasteiger charge is 2.37. The molecule has 3 nitrogen and oxygen atoms in total. The number of fused-ring (bicyclic) bond motifs is 1. The minimum atomic E-state index is -0.212. The van der Waals surface area contributed by atoms with Gasteiger partial charge in [0.1, 0.15) is 0 Å². The smallest absolute Gasteiger partial charge is 0.161 e. The number of hydrogen-bond acceptors (Lipinski definition) is 4. The molecule has 0 saturated heterocycles. The number of rotatable bonds is 1. The number of carbonyl (C=O) groups excluding carboxylic acids is 1. The zero-order chi connectivity index (χ0) is 16.8. The van der Waals surface area contributed by atoms with Crippen LogP contribution in [0.5, 0.6) is 0 Å². The summed E-state index contributed by atoms with van der Waals surface area (Å²) in [5.74, 6) is -0.0256. The molecule has 1 aliphatic heterocycles. The summed E-state index contributed by atoms with van der Waals surface area (Å²) in [6, 6.07) is 10.7. The Hall–Kier alpha value is -2.38. The molecule has 2 aromatic rings. The Morgan fingerprint density at radius 2 is 2.04 bits per heavy atom. The van der Waals surface area contributed by atoms with Crippen LogP contribution in [-0.4, -0.2) is 5.78 Å². The number of thiophene rings is 1. The van der Waals surface area contributed by atoms with Crippen LogP contribution in [0.2, 0.25) is 0 Å². The second-order valence-electron chi connectivity index (χ2n) is 6.46. The van der Waals surface area contributed by atoms with Gasteiger partial charge in [-0.15, -0.1) is 11.3 Å². The summed E-state index contributed by atoms with van der Waals surface area (Å²) in [5, 5.41) is 14.3. The van der Waals surface area contributed by atoms with Gasteiger partial charge in [-0.25, -0.2) is 0 Å². The molecule has 0 radical (unpaired) electrons. The minimum absolute atomic E-state index is 0.186. The number of allylic oxidation sites excluding steroid dienone is 4. The average Bonchev–Trinajstić information content (AvgIpc) is 2.91. The van der Waals surface area contributed by atoms with E-state index in [9.17, 15) is 10.1 Å². The monoisotopic (exact) mass is 334 g/mol. The van der Waals surface area contributed by atoms with E-state index in [1.165, 1.54) is 15.6 Å². The standard InChI is InChI=1S/C20H18N2OS/c1-11-13-6-3-4-9-17(13)24-20(11)18-14(10-21)12(2)22-15-7-5-8-16(23)19(15)18/h3-4,6,9,18,22H,5,7-8H2,1-2H3.